The van der Waals surface area contributed by atoms with E-state index >= 15 is 0 Å². The van der Waals surface area contributed by atoms with E-state index in [0.717, 1.165) is 78.6 Å². The second-order valence-corrected chi connectivity index (χ2v) is 19.2. The fraction of sp³-hybridized carbons (Fsp3) is 0.729. The van der Waals surface area contributed by atoms with Crippen molar-refractivity contribution in [3.63, 3.8) is 0 Å². The number of hydrogen-bond donors (Lipinski definition) is 0. The first-order valence-electron chi connectivity index (χ1n) is 26.4. The third-order valence-electron chi connectivity index (χ3n) is 11.2. The topological polar surface area (TPSA) is 232 Å². The van der Waals surface area contributed by atoms with Gasteiger partial charge in [0.1, 0.15) is 17.3 Å². The molecule has 7 unspecified atom stereocenters. The molecule has 0 spiro atoms. The van der Waals surface area contributed by atoms with Crippen molar-refractivity contribution in [2.75, 3.05) is 144 Å². The molecule has 7 aliphatic rings. The molecule has 0 N–H and O–H groups in total. The monoisotopic (exact) mass is 1190 g/mol. The van der Waals surface area contributed by atoms with E-state index in [-0.39, 0.29) is 23.0 Å². The maximum atomic E-state index is 11.5. The quantitative estimate of drug-likeness (QED) is 0.0293. The van der Waals surface area contributed by atoms with E-state index in [1.54, 1.807) is 62.8 Å². The van der Waals surface area contributed by atoms with Crippen LogP contribution in [0.2, 0.25) is 0 Å². The van der Waals surface area contributed by atoms with E-state index in [4.69, 9.17) is 47.4 Å². The van der Waals surface area contributed by atoms with E-state index < -0.39 is 23.7 Å². The first kappa shape index (κ1) is 86.4. The second-order valence-electron chi connectivity index (χ2n) is 19.2. The van der Waals surface area contributed by atoms with Gasteiger partial charge in [0, 0.05) is 72.8 Å². The molecule has 0 amide bonds. The van der Waals surface area contributed by atoms with Crippen molar-refractivity contribution in [3.8, 4) is 0 Å². The molecule has 0 aromatic heterocycles. The lowest BCUT2D eigenvalue weighted by molar-refractivity contribution is -0.148. The molecule has 7 rings (SSSR count). The smallest absolute Gasteiger partial charge is 0.422 e. The van der Waals surface area contributed by atoms with Crippen molar-refractivity contribution in [2.45, 2.75) is 128 Å². The number of carbonyl (C=O) groups is 4. The molecule has 82 heavy (non-hydrogen) atoms. The molecule has 1 saturated carbocycles. The molecule has 0 radical (unpaired) electrons. The van der Waals surface area contributed by atoms with Crippen molar-refractivity contribution in [2.24, 2.45) is 11.3 Å². The Morgan fingerprint density at radius 3 is 1.37 bits per heavy atom. The van der Waals surface area contributed by atoms with Crippen molar-refractivity contribution < 1.29 is 108 Å². The van der Waals surface area contributed by atoms with E-state index in [2.05, 4.69) is 103 Å². The summed E-state index contributed by atoms with van der Waals surface area (Å²) >= 11 is 0. The van der Waals surface area contributed by atoms with Crippen molar-refractivity contribution in [1.82, 2.24) is 0 Å². The number of alkyl halides is 3. The predicted molar refractivity (Wildman–Crippen MR) is 308 cm³/mol. The zero-order chi connectivity index (χ0) is 64.4. The van der Waals surface area contributed by atoms with E-state index in [0.29, 0.717) is 61.1 Å². The Hall–Kier alpha value is -4.37. The number of hydrogen-bond acceptors (Lipinski definition) is 20. The Bertz CT molecular complexity index is 1700. The molecule has 20 nitrogen and oxygen atoms in total. The minimum Gasteiger partial charge on any atom is -0.505 e. The second kappa shape index (κ2) is 52.2. The van der Waals surface area contributed by atoms with Gasteiger partial charge in [0.05, 0.1) is 131 Å². The molecule has 0 aromatic carbocycles. The summed E-state index contributed by atoms with van der Waals surface area (Å²) in [5, 5.41) is 0. The average Bonchev–Trinajstić information content (AvgIpc) is 4.12. The standard InChI is InChI=1S/C8H14O2.C7H14O2.C6H10O2.C5H5F3O2.C5H10O2.C5H8O2.C5H10O.C4H8O2.C4H6O2.C4H8O.2C3H6O/c1-9-5-6-2-3-7-8(4-6)10-7;1-3-7(4-8-2)5-9-6-7;1-3-6(7)4-5-8-2;1-3(4(9)10-2)5(6,7)8;1-5(3-6-2)4-7-5;1-4(2)5(6)7-3;1-4-5(2,3)6-4;1-5-2-4-3-6-4;1-3-4(5)6-2;1-3-4-5-2;1-3-2-4-3;1-3-4-2/h6-8H,2-5H2,1H3;3-6H2,1-2H3;3H,1,4-5H2,2H3;1H2,2H3;3-4H2,1-2H3;1H2,2-3H3;4H,1-3H3;4H,2-3H2,1H3;3H,1H2,2H3;3H,1,4H2,2H3;3H,2H2,1H3;3H,1H2,2H3. The average molecular weight is 1190 g/mol. The molecule has 0 bridgehead atoms. The van der Waals surface area contributed by atoms with Crippen molar-refractivity contribution in [1.29, 1.82) is 0 Å². The SMILES string of the molecule is C=C(C(=O)OC)C(F)(F)F.C=C(C)C(=O)OC.C=CC(=O)CCOC.C=CC(=O)OC.C=CCOC.C=COC.CC1CO1.CC1OC1(C)C.CCC1(COC)COC1.COCC1(C)CO1.COCC1CCC2OC2C1.COCC1CO1. The molecular formula is C59H105F3O20. The summed E-state index contributed by atoms with van der Waals surface area (Å²) < 4.78 is 110. The number of ketones is 1. The molecule has 6 heterocycles. The Morgan fingerprint density at radius 2 is 1.20 bits per heavy atom. The lowest BCUT2D eigenvalue weighted by atomic mass is 9.84. The molecule has 0 aromatic rings. The van der Waals surface area contributed by atoms with Crippen LogP contribution in [0.1, 0.15) is 80.6 Å². The van der Waals surface area contributed by atoms with Gasteiger partial charge in [-0.3, -0.25) is 4.79 Å². The number of esters is 3. The lowest BCUT2D eigenvalue weighted by Gasteiger charge is -2.39. The molecule has 23 heteroatoms. The van der Waals surface area contributed by atoms with E-state index in [9.17, 15) is 32.3 Å². The van der Waals surface area contributed by atoms with Crippen LogP contribution in [-0.4, -0.2) is 215 Å². The number of ether oxygens (including phenoxy) is 16. The summed E-state index contributed by atoms with van der Waals surface area (Å²) in [5.74, 6) is -1.39. The molecule has 482 valence electrons. The zero-order valence-electron chi connectivity index (χ0n) is 52.6. The van der Waals surface area contributed by atoms with Gasteiger partial charge in [-0.1, -0.05) is 45.9 Å². The van der Waals surface area contributed by atoms with Gasteiger partial charge in [0.2, 0.25) is 0 Å². The predicted octanol–water partition coefficient (Wildman–Crippen LogP) is 9.03. The normalized spacial score (nSPS) is 22.4. The van der Waals surface area contributed by atoms with Gasteiger partial charge in [-0.25, -0.2) is 14.4 Å². The Labute approximate surface area is 489 Å². The largest absolute Gasteiger partial charge is 0.505 e. The summed E-state index contributed by atoms with van der Waals surface area (Å²) in [6.07, 6.45) is 8.97. The first-order chi connectivity index (χ1) is 38.5. The molecule has 1 aliphatic carbocycles. The molecular weight excluding hydrogens is 1090 g/mol. The maximum Gasteiger partial charge on any atom is 0.422 e. The third kappa shape index (κ3) is 56.1. The van der Waals surface area contributed by atoms with Crippen LogP contribution < -0.4 is 0 Å². The summed E-state index contributed by atoms with van der Waals surface area (Å²) in [7, 11) is 15.2. The van der Waals surface area contributed by atoms with Crippen LogP contribution in [0.15, 0.2) is 75.1 Å². The van der Waals surface area contributed by atoms with Gasteiger partial charge in [0.25, 0.3) is 0 Å². The highest BCUT2D eigenvalue weighted by molar-refractivity contribution is 5.89. The highest BCUT2D eigenvalue weighted by Gasteiger charge is 2.44. The van der Waals surface area contributed by atoms with Crippen molar-refractivity contribution in [3.05, 3.63) is 75.1 Å². The molecule has 7 atom stereocenters. The number of halogens is 3. The lowest BCUT2D eigenvalue weighted by Crippen LogP contribution is -2.45. The van der Waals surface area contributed by atoms with Gasteiger partial charge < -0.3 is 75.8 Å². The van der Waals surface area contributed by atoms with Crippen LogP contribution >= 0.6 is 0 Å². The van der Waals surface area contributed by atoms with Crippen LogP contribution in [0.5, 0.6) is 0 Å². The number of methoxy groups -OCH3 is 10. The van der Waals surface area contributed by atoms with Gasteiger partial charge in [-0.15, -0.1) is 6.58 Å². The fourth-order valence-corrected chi connectivity index (χ4v) is 5.26. The number of rotatable bonds is 19. The number of allylic oxidation sites excluding steroid dienone is 1. The number of fused-ring (bicyclic) bond motifs is 1. The van der Waals surface area contributed by atoms with Crippen molar-refractivity contribution >= 4 is 23.7 Å². The molecule has 7 fully saturated rings. The van der Waals surface area contributed by atoms with Crippen LogP contribution in [0.4, 0.5) is 13.2 Å². The minimum atomic E-state index is -4.69. The van der Waals surface area contributed by atoms with Gasteiger partial charge in [-0.05, 0) is 79.2 Å². The zero-order valence-corrected chi connectivity index (χ0v) is 52.6. The third-order valence-corrected chi connectivity index (χ3v) is 11.2. The minimum absolute atomic E-state index is 0.0341. The van der Waals surface area contributed by atoms with E-state index in [1.165, 1.54) is 52.2 Å². The first-order valence-corrected chi connectivity index (χ1v) is 26.4. The highest BCUT2D eigenvalue weighted by Crippen LogP contribution is 2.39. The van der Waals surface area contributed by atoms with Crippen LogP contribution in [0.25, 0.3) is 0 Å². The number of epoxide rings is 5. The highest BCUT2D eigenvalue weighted by atomic mass is 19.4. The van der Waals surface area contributed by atoms with Gasteiger partial charge in [-0.2, -0.15) is 13.2 Å². The maximum absolute atomic E-state index is 11.5. The fourth-order valence-electron chi connectivity index (χ4n) is 5.26. The molecule has 6 aliphatic heterocycles. The number of carbonyl (C=O) groups excluding carboxylic acids is 4. The Morgan fingerprint density at radius 1 is 0.695 bits per heavy atom. The summed E-state index contributed by atoms with van der Waals surface area (Å²) in [6, 6.07) is 0. The summed E-state index contributed by atoms with van der Waals surface area (Å²) in [4.78, 5) is 40.5. The Kier molecular flexibility index (Phi) is 55.0. The van der Waals surface area contributed by atoms with Crippen LogP contribution in [0.3, 0.4) is 0 Å². The van der Waals surface area contributed by atoms with Crippen LogP contribution in [0, 0.1) is 11.3 Å². The Balaban J connectivity index is -0.000000265. The van der Waals surface area contributed by atoms with Crippen LogP contribution in [-0.2, 0) is 95.0 Å². The van der Waals surface area contributed by atoms with Gasteiger partial charge in [0.15, 0.2) is 5.78 Å². The summed E-state index contributed by atoms with van der Waals surface area (Å²) in [6.45, 7) is 42.1. The summed E-state index contributed by atoms with van der Waals surface area (Å²) in [5.41, 5.74) is -0.402. The van der Waals surface area contributed by atoms with Gasteiger partial charge >= 0.3 is 24.1 Å². The van der Waals surface area contributed by atoms with E-state index in [1.807, 2.05) is 6.92 Å². The molecule has 6 saturated heterocycles.